The van der Waals surface area contributed by atoms with E-state index in [4.69, 9.17) is 10.5 Å². The highest BCUT2D eigenvalue weighted by molar-refractivity contribution is 6.03. The summed E-state index contributed by atoms with van der Waals surface area (Å²) in [4.78, 5) is 45.5. The van der Waals surface area contributed by atoms with E-state index in [9.17, 15) is 14.4 Å². The van der Waals surface area contributed by atoms with Crippen LogP contribution in [0.15, 0.2) is 24.3 Å². The zero-order chi connectivity index (χ0) is 23.8. The zero-order valence-electron chi connectivity index (χ0n) is 19.4. The molecular weight excluding hydrogens is 422 g/mol. The number of para-hydroxylation sites is 1. The first-order valence-electron chi connectivity index (χ1n) is 11.5. The average molecular weight is 456 g/mol. The van der Waals surface area contributed by atoms with E-state index < -0.39 is 5.91 Å². The van der Waals surface area contributed by atoms with Gasteiger partial charge in [0.05, 0.1) is 24.7 Å². The maximum absolute atomic E-state index is 13.0. The fourth-order valence-electron chi connectivity index (χ4n) is 4.10. The SMILES string of the molecule is CCCCCCNC(=O)N1CCN(C(=O)Cc2nc3ccccc3c(OC)c2C(N)=O)CC1. The number of ether oxygens (including phenoxy) is 1. The summed E-state index contributed by atoms with van der Waals surface area (Å²) in [5.41, 5.74) is 6.68. The second-order valence-corrected chi connectivity index (χ2v) is 8.19. The Hall–Kier alpha value is -3.36. The lowest BCUT2D eigenvalue weighted by atomic mass is 10.0. The van der Waals surface area contributed by atoms with Crippen molar-refractivity contribution in [2.24, 2.45) is 5.73 Å². The molecule has 33 heavy (non-hydrogen) atoms. The van der Waals surface area contributed by atoms with Crippen LogP contribution in [0.1, 0.15) is 48.7 Å². The van der Waals surface area contributed by atoms with Crippen molar-refractivity contribution in [2.45, 2.75) is 39.0 Å². The molecule has 1 aromatic carbocycles. The monoisotopic (exact) mass is 455 g/mol. The molecule has 0 saturated carbocycles. The molecule has 3 rings (SSSR count). The van der Waals surface area contributed by atoms with Gasteiger partial charge in [0.2, 0.25) is 5.91 Å². The molecule has 0 radical (unpaired) electrons. The van der Waals surface area contributed by atoms with Crippen LogP contribution in [0.25, 0.3) is 10.9 Å². The number of nitrogens with zero attached hydrogens (tertiary/aromatic N) is 3. The van der Waals surface area contributed by atoms with E-state index in [0.29, 0.717) is 55.1 Å². The number of hydrogen-bond donors (Lipinski definition) is 2. The van der Waals surface area contributed by atoms with E-state index in [2.05, 4.69) is 17.2 Å². The summed E-state index contributed by atoms with van der Waals surface area (Å²) in [6, 6.07) is 7.17. The molecule has 0 aliphatic carbocycles. The Bertz CT molecular complexity index is 1000. The smallest absolute Gasteiger partial charge is 0.317 e. The van der Waals surface area contributed by atoms with Crippen molar-refractivity contribution in [3.63, 3.8) is 0 Å². The summed E-state index contributed by atoms with van der Waals surface area (Å²) in [5, 5.41) is 3.62. The fourth-order valence-corrected chi connectivity index (χ4v) is 4.10. The summed E-state index contributed by atoms with van der Waals surface area (Å²) in [6.07, 6.45) is 4.35. The molecule has 2 aromatic rings. The number of pyridine rings is 1. The number of unbranched alkanes of at least 4 members (excludes halogenated alkanes) is 3. The topological polar surface area (TPSA) is 118 Å². The van der Waals surface area contributed by atoms with Gasteiger partial charge in [-0.1, -0.05) is 38.3 Å². The number of piperazine rings is 1. The normalized spacial score (nSPS) is 13.8. The predicted octanol–water partition coefficient (Wildman–Crippen LogP) is 2.32. The first kappa shape index (κ1) is 24.3. The van der Waals surface area contributed by atoms with E-state index in [-0.39, 0.29) is 23.9 Å². The minimum absolute atomic E-state index is 0.0664. The number of urea groups is 1. The number of fused-ring (bicyclic) bond motifs is 1. The standard InChI is InChI=1S/C24H33N5O4/c1-3-4-5-8-11-26-24(32)29-14-12-28(13-15-29)20(30)16-19-21(23(25)31)22(33-2)17-9-6-7-10-18(17)27-19/h6-7,9-10H,3-5,8,11-16H2,1-2H3,(H2,25,31)(H,26,32). The number of nitrogens with two attached hydrogens (primary N) is 1. The molecule has 1 aliphatic heterocycles. The van der Waals surface area contributed by atoms with Crippen molar-refractivity contribution in [3.05, 3.63) is 35.5 Å². The number of amides is 4. The van der Waals surface area contributed by atoms with Crippen molar-refractivity contribution < 1.29 is 19.1 Å². The van der Waals surface area contributed by atoms with Crippen molar-refractivity contribution in [3.8, 4) is 5.75 Å². The zero-order valence-corrected chi connectivity index (χ0v) is 19.4. The number of carbonyl (C=O) groups is 3. The first-order valence-corrected chi connectivity index (χ1v) is 11.5. The highest BCUT2D eigenvalue weighted by Crippen LogP contribution is 2.31. The van der Waals surface area contributed by atoms with Crippen LogP contribution < -0.4 is 15.8 Å². The third-order valence-electron chi connectivity index (χ3n) is 5.92. The van der Waals surface area contributed by atoms with Gasteiger partial charge in [-0.15, -0.1) is 0 Å². The highest BCUT2D eigenvalue weighted by atomic mass is 16.5. The summed E-state index contributed by atoms with van der Waals surface area (Å²) in [7, 11) is 1.47. The number of hydrogen-bond acceptors (Lipinski definition) is 5. The molecule has 1 aliphatic rings. The molecule has 178 valence electrons. The van der Waals surface area contributed by atoms with E-state index in [1.54, 1.807) is 21.9 Å². The van der Waals surface area contributed by atoms with Crippen LogP contribution in [-0.2, 0) is 11.2 Å². The number of rotatable bonds is 9. The third kappa shape index (κ3) is 5.91. The Balaban J connectivity index is 1.63. The van der Waals surface area contributed by atoms with Crippen molar-refractivity contribution in [2.75, 3.05) is 39.8 Å². The van der Waals surface area contributed by atoms with Gasteiger partial charge in [-0.25, -0.2) is 4.79 Å². The second-order valence-electron chi connectivity index (χ2n) is 8.19. The molecule has 3 N–H and O–H groups in total. The van der Waals surface area contributed by atoms with Crippen LogP contribution >= 0.6 is 0 Å². The van der Waals surface area contributed by atoms with Crippen molar-refractivity contribution >= 4 is 28.7 Å². The Kier molecular flexibility index (Phi) is 8.46. The van der Waals surface area contributed by atoms with Gasteiger partial charge in [-0.3, -0.25) is 14.6 Å². The Morgan fingerprint density at radius 1 is 1.06 bits per heavy atom. The molecule has 1 fully saturated rings. The minimum Gasteiger partial charge on any atom is -0.495 e. The van der Waals surface area contributed by atoms with Gasteiger partial charge in [0, 0.05) is 38.1 Å². The molecule has 9 nitrogen and oxygen atoms in total. The molecule has 0 unspecified atom stereocenters. The van der Waals surface area contributed by atoms with Crippen LogP contribution in [0, 0.1) is 0 Å². The van der Waals surface area contributed by atoms with Gasteiger partial charge in [-0.2, -0.15) is 0 Å². The summed E-state index contributed by atoms with van der Waals surface area (Å²) in [5.74, 6) is -0.522. The summed E-state index contributed by atoms with van der Waals surface area (Å²) >= 11 is 0. The average Bonchev–Trinajstić information content (AvgIpc) is 2.82. The lowest BCUT2D eigenvalue weighted by molar-refractivity contribution is -0.131. The highest BCUT2D eigenvalue weighted by Gasteiger charge is 2.27. The number of carbonyl (C=O) groups excluding carboxylic acids is 3. The molecule has 4 amide bonds. The lowest BCUT2D eigenvalue weighted by Gasteiger charge is -2.34. The number of aromatic nitrogens is 1. The second kappa shape index (κ2) is 11.5. The van der Waals surface area contributed by atoms with Gasteiger partial charge in [0.25, 0.3) is 5.91 Å². The molecule has 1 saturated heterocycles. The van der Waals surface area contributed by atoms with Crippen LogP contribution in [0.3, 0.4) is 0 Å². The molecule has 9 heteroatoms. The Labute approximate surface area is 194 Å². The summed E-state index contributed by atoms with van der Waals surface area (Å²) in [6.45, 7) is 4.61. The molecular formula is C24H33N5O4. The first-order chi connectivity index (χ1) is 16.0. The molecule has 0 bridgehead atoms. The predicted molar refractivity (Wildman–Crippen MR) is 126 cm³/mol. The van der Waals surface area contributed by atoms with E-state index in [1.807, 2.05) is 12.1 Å². The number of methoxy groups -OCH3 is 1. The molecule has 2 heterocycles. The molecule has 1 aromatic heterocycles. The van der Waals surface area contributed by atoms with Crippen LogP contribution in [-0.4, -0.2) is 72.5 Å². The maximum Gasteiger partial charge on any atom is 0.317 e. The van der Waals surface area contributed by atoms with Crippen LogP contribution in [0.2, 0.25) is 0 Å². The van der Waals surface area contributed by atoms with Gasteiger partial charge < -0.3 is 25.6 Å². The lowest BCUT2D eigenvalue weighted by Crippen LogP contribution is -2.53. The van der Waals surface area contributed by atoms with Gasteiger partial charge >= 0.3 is 6.03 Å². The largest absolute Gasteiger partial charge is 0.495 e. The van der Waals surface area contributed by atoms with Crippen LogP contribution in [0.4, 0.5) is 4.79 Å². The quantitative estimate of drug-likeness (QED) is 0.563. The number of primary amides is 1. The number of nitrogens with one attached hydrogen (secondary N) is 1. The summed E-state index contributed by atoms with van der Waals surface area (Å²) < 4.78 is 5.46. The Morgan fingerprint density at radius 2 is 1.76 bits per heavy atom. The van der Waals surface area contributed by atoms with Crippen molar-refractivity contribution in [1.82, 2.24) is 20.1 Å². The van der Waals surface area contributed by atoms with E-state index in [0.717, 1.165) is 19.3 Å². The van der Waals surface area contributed by atoms with E-state index in [1.165, 1.54) is 13.5 Å². The van der Waals surface area contributed by atoms with Crippen molar-refractivity contribution in [1.29, 1.82) is 0 Å². The van der Waals surface area contributed by atoms with Gasteiger partial charge in [0.15, 0.2) is 0 Å². The van der Waals surface area contributed by atoms with Gasteiger partial charge in [-0.05, 0) is 18.6 Å². The fraction of sp³-hybridized carbons (Fsp3) is 0.500. The Morgan fingerprint density at radius 3 is 2.42 bits per heavy atom. The third-order valence-corrected chi connectivity index (χ3v) is 5.92. The minimum atomic E-state index is -0.687. The van der Waals surface area contributed by atoms with E-state index >= 15 is 0 Å². The van der Waals surface area contributed by atoms with Gasteiger partial charge in [0.1, 0.15) is 11.3 Å². The molecule has 0 spiro atoms. The molecule has 0 atom stereocenters. The maximum atomic E-state index is 13.0. The number of benzene rings is 1. The van der Waals surface area contributed by atoms with Crippen LogP contribution in [0.5, 0.6) is 5.75 Å².